The van der Waals surface area contributed by atoms with E-state index >= 15 is 0 Å². The number of piperazine rings is 1. The average molecular weight is 467 g/mol. The van der Waals surface area contributed by atoms with Crippen LogP contribution in [0.25, 0.3) is 22.5 Å². The first-order valence-electron chi connectivity index (χ1n) is 11.6. The molecular formula is C27H26N6O2. The number of benzene rings is 2. The number of aryl methyl sites for hydroxylation is 1. The fraction of sp³-hybridized carbons (Fsp3) is 0.222. The Morgan fingerprint density at radius 1 is 0.857 bits per heavy atom. The van der Waals surface area contributed by atoms with Crippen LogP contribution < -0.4 is 10.5 Å². The quantitative estimate of drug-likeness (QED) is 0.450. The van der Waals surface area contributed by atoms with Crippen LogP contribution in [0, 0.1) is 6.92 Å². The Balaban J connectivity index is 1.19. The third-order valence-corrected chi connectivity index (χ3v) is 6.28. The lowest BCUT2D eigenvalue weighted by molar-refractivity contribution is -0.132. The molecule has 1 aliphatic rings. The number of nitrogens with zero attached hydrogens (tertiary/aromatic N) is 6. The van der Waals surface area contributed by atoms with Crippen LogP contribution in [0.15, 0.2) is 83.9 Å². The van der Waals surface area contributed by atoms with Gasteiger partial charge in [-0.1, -0.05) is 54.6 Å². The molecule has 8 heteroatoms. The van der Waals surface area contributed by atoms with Crippen molar-refractivity contribution < 1.29 is 4.79 Å². The maximum atomic E-state index is 12.8. The Morgan fingerprint density at radius 2 is 1.60 bits per heavy atom. The molecule has 3 heterocycles. The highest BCUT2D eigenvalue weighted by molar-refractivity contribution is 5.76. The van der Waals surface area contributed by atoms with Gasteiger partial charge in [0.15, 0.2) is 5.82 Å². The molecule has 0 spiro atoms. The second-order valence-electron chi connectivity index (χ2n) is 8.57. The number of anilines is 1. The molecule has 0 saturated carbocycles. The molecule has 0 bridgehead atoms. The van der Waals surface area contributed by atoms with Gasteiger partial charge in [-0.15, -0.1) is 10.2 Å². The normalized spacial score (nSPS) is 13.6. The van der Waals surface area contributed by atoms with Crippen molar-refractivity contribution in [2.45, 2.75) is 13.5 Å². The fourth-order valence-electron chi connectivity index (χ4n) is 4.24. The van der Waals surface area contributed by atoms with E-state index in [1.54, 1.807) is 4.90 Å². The molecule has 2 aromatic heterocycles. The smallest absolute Gasteiger partial charge is 0.254 e. The zero-order chi connectivity index (χ0) is 24.2. The van der Waals surface area contributed by atoms with Crippen molar-refractivity contribution in [3.05, 3.63) is 95.0 Å². The van der Waals surface area contributed by atoms with Crippen LogP contribution in [0.5, 0.6) is 0 Å². The van der Waals surface area contributed by atoms with Crippen LogP contribution in [0.2, 0.25) is 0 Å². The largest absolute Gasteiger partial charge is 0.352 e. The van der Waals surface area contributed by atoms with Crippen molar-refractivity contribution >= 4 is 11.7 Å². The van der Waals surface area contributed by atoms with E-state index < -0.39 is 0 Å². The van der Waals surface area contributed by atoms with Gasteiger partial charge in [-0.25, -0.2) is 4.98 Å². The van der Waals surface area contributed by atoms with Gasteiger partial charge < -0.3 is 9.80 Å². The molecule has 0 unspecified atom stereocenters. The van der Waals surface area contributed by atoms with Crippen LogP contribution in [0.1, 0.15) is 5.56 Å². The summed E-state index contributed by atoms with van der Waals surface area (Å²) in [6.45, 7) is 4.47. The van der Waals surface area contributed by atoms with Crippen molar-refractivity contribution in [3.63, 3.8) is 0 Å². The van der Waals surface area contributed by atoms with E-state index in [4.69, 9.17) is 0 Å². The van der Waals surface area contributed by atoms with Gasteiger partial charge in [-0.05, 0) is 24.6 Å². The number of rotatable bonds is 5. The van der Waals surface area contributed by atoms with Gasteiger partial charge in [0.1, 0.15) is 6.54 Å². The maximum Gasteiger partial charge on any atom is 0.254 e. The van der Waals surface area contributed by atoms with Crippen molar-refractivity contribution in [2.24, 2.45) is 0 Å². The van der Waals surface area contributed by atoms with Gasteiger partial charge in [-0.2, -0.15) is 0 Å². The Hall–Kier alpha value is -4.33. The highest BCUT2D eigenvalue weighted by atomic mass is 16.2. The Labute approximate surface area is 203 Å². The molecule has 4 aromatic rings. The molecule has 1 fully saturated rings. The van der Waals surface area contributed by atoms with E-state index in [0.29, 0.717) is 31.9 Å². The molecule has 0 atom stereocenters. The first kappa shape index (κ1) is 22.5. The molecular weight excluding hydrogens is 440 g/mol. The number of carbonyl (C=O) groups is 1. The molecule has 0 N–H and O–H groups in total. The number of amides is 1. The van der Waals surface area contributed by atoms with E-state index in [2.05, 4.69) is 33.1 Å². The summed E-state index contributed by atoms with van der Waals surface area (Å²) in [6.07, 6.45) is 1.45. The third-order valence-electron chi connectivity index (χ3n) is 6.28. The Morgan fingerprint density at radius 3 is 2.29 bits per heavy atom. The van der Waals surface area contributed by atoms with Gasteiger partial charge in [0.25, 0.3) is 5.56 Å². The summed E-state index contributed by atoms with van der Waals surface area (Å²) < 4.78 is 1.36. The van der Waals surface area contributed by atoms with Gasteiger partial charge in [0, 0.05) is 43.4 Å². The van der Waals surface area contributed by atoms with E-state index in [1.807, 2.05) is 60.7 Å². The molecule has 8 nitrogen and oxygen atoms in total. The first-order chi connectivity index (χ1) is 17.1. The minimum atomic E-state index is -0.241. The predicted octanol–water partition coefficient (Wildman–Crippen LogP) is 3.02. The summed E-state index contributed by atoms with van der Waals surface area (Å²) in [4.78, 5) is 33.7. The van der Waals surface area contributed by atoms with Crippen LogP contribution in [0.3, 0.4) is 0 Å². The SMILES string of the molecule is Cc1ccccc1-c1ccc(N2CCN(C(=O)Cn3cnc(-c4ccccc4)cc3=O)CC2)nn1. The monoisotopic (exact) mass is 466 g/mol. The van der Waals surface area contributed by atoms with E-state index in [-0.39, 0.29) is 18.0 Å². The summed E-state index contributed by atoms with van der Waals surface area (Å²) in [5, 5.41) is 8.84. The second kappa shape index (κ2) is 9.89. The standard InChI is InChI=1S/C27H26N6O2/c1-20-7-5-6-10-22(20)23-11-12-25(30-29-23)31-13-15-32(16-14-31)27(35)18-33-19-28-24(17-26(33)34)21-8-3-2-4-9-21/h2-12,17,19H,13-16,18H2,1H3. The molecule has 1 saturated heterocycles. The topological polar surface area (TPSA) is 84.2 Å². The molecule has 0 aliphatic carbocycles. The zero-order valence-electron chi connectivity index (χ0n) is 19.5. The molecule has 35 heavy (non-hydrogen) atoms. The Bertz CT molecular complexity index is 1380. The minimum Gasteiger partial charge on any atom is -0.352 e. The van der Waals surface area contributed by atoms with Crippen LogP contribution >= 0.6 is 0 Å². The number of aromatic nitrogens is 4. The van der Waals surface area contributed by atoms with Crippen LogP contribution in [-0.2, 0) is 11.3 Å². The van der Waals surface area contributed by atoms with Crippen molar-refractivity contribution in [3.8, 4) is 22.5 Å². The summed E-state index contributed by atoms with van der Waals surface area (Å²) in [5.74, 6) is 0.702. The molecule has 5 rings (SSSR count). The molecule has 1 amide bonds. The molecule has 176 valence electrons. The van der Waals surface area contributed by atoms with Crippen molar-refractivity contribution in [2.75, 3.05) is 31.1 Å². The molecule has 1 aliphatic heterocycles. The lowest BCUT2D eigenvalue weighted by atomic mass is 10.1. The number of hydrogen-bond donors (Lipinski definition) is 0. The van der Waals surface area contributed by atoms with E-state index in [1.165, 1.54) is 17.0 Å². The fourth-order valence-corrected chi connectivity index (χ4v) is 4.24. The lowest BCUT2D eigenvalue weighted by Gasteiger charge is -2.35. The lowest BCUT2D eigenvalue weighted by Crippen LogP contribution is -2.50. The highest BCUT2D eigenvalue weighted by Gasteiger charge is 2.23. The predicted molar refractivity (Wildman–Crippen MR) is 135 cm³/mol. The van der Waals surface area contributed by atoms with E-state index in [0.717, 1.165) is 28.2 Å². The maximum absolute atomic E-state index is 12.8. The van der Waals surface area contributed by atoms with Crippen LogP contribution in [-0.4, -0.2) is 56.7 Å². The Kier molecular flexibility index (Phi) is 6.34. The zero-order valence-corrected chi connectivity index (χ0v) is 19.5. The molecule has 0 radical (unpaired) electrons. The summed E-state index contributed by atoms with van der Waals surface area (Å²) in [7, 11) is 0. The number of hydrogen-bond acceptors (Lipinski definition) is 6. The van der Waals surface area contributed by atoms with Crippen molar-refractivity contribution in [1.82, 2.24) is 24.6 Å². The first-order valence-corrected chi connectivity index (χ1v) is 11.6. The van der Waals surface area contributed by atoms with Gasteiger partial charge in [0.2, 0.25) is 5.91 Å². The molecule has 2 aromatic carbocycles. The van der Waals surface area contributed by atoms with E-state index in [9.17, 15) is 9.59 Å². The summed E-state index contributed by atoms with van der Waals surface area (Å²) >= 11 is 0. The van der Waals surface area contributed by atoms with Crippen LogP contribution in [0.4, 0.5) is 5.82 Å². The van der Waals surface area contributed by atoms with Crippen molar-refractivity contribution in [1.29, 1.82) is 0 Å². The second-order valence-corrected chi connectivity index (χ2v) is 8.57. The highest BCUT2D eigenvalue weighted by Crippen LogP contribution is 2.22. The minimum absolute atomic E-state index is 0.0220. The van der Waals surface area contributed by atoms with Gasteiger partial charge in [0.05, 0.1) is 17.7 Å². The summed E-state index contributed by atoms with van der Waals surface area (Å²) in [6, 6.07) is 23.1. The average Bonchev–Trinajstić information content (AvgIpc) is 2.91. The van der Waals surface area contributed by atoms with Gasteiger partial charge in [-0.3, -0.25) is 14.2 Å². The van der Waals surface area contributed by atoms with Gasteiger partial charge >= 0.3 is 0 Å². The third kappa shape index (κ3) is 4.96. The summed E-state index contributed by atoms with van der Waals surface area (Å²) in [5.41, 5.74) is 4.30. The number of carbonyl (C=O) groups excluding carboxylic acids is 1.